The van der Waals surface area contributed by atoms with E-state index < -0.39 is 0 Å². The molecule has 0 bridgehead atoms. The van der Waals surface area contributed by atoms with Gasteiger partial charge in [-0.25, -0.2) is 4.98 Å². The minimum Gasteiger partial charge on any atom is -0.361 e. The number of carbonyl (C=O) groups excluding carboxylic acids is 1. The Kier molecular flexibility index (Phi) is 4.19. The Bertz CT molecular complexity index is 454. The first-order valence-corrected chi connectivity index (χ1v) is 6.71. The van der Waals surface area contributed by atoms with Gasteiger partial charge in [-0.15, -0.1) is 0 Å². The van der Waals surface area contributed by atoms with E-state index in [-0.39, 0.29) is 5.91 Å². The Hall–Kier alpha value is -1.85. The maximum Gasteiger partial charge on any atom is 0.227 e. The van der Waals surface area contributed by atoms with Crippen LogP contribution in [0.2, 0.25) is 0 Å². The molecule has 6 heteroatoms. The molecule has 1 aliphatic heterocycles. The first-order chi connectivity index (χ1) is 9.11. The van der Waals surface area contributed by atoms with E-state index in [9.17, 15) is 4.79 Å². The number of nitrogens with zero attached hydrogens (tertiary/aromatic N) is 4. The van der Waals surface area contributed by atoms with Crippen molar-refractivity contribution in [2.24, 2.45) is 0 Å². The van der Waals surface area contributed by atoms with Crippen LogP contribution in [0, 0.1) is 0 Å². The molecule has 2 heterocycles. The van der Waals surface area contributed by atoms with E-state index in [1.165, 1.54) is 12.8 Å². The van der Waals surface area contributed by atoms with Gasteiger partial charge in [0.15, 0.2) is 5.82 Å². The van der Waals surface area contributed by atoms with Crippen molar-refractivity contribution < 1.29 is 4.79 Å². The van der Waals surface area contributed by atoms with Gasteiger partial charge in [0.25, 0.3) is 0 Å². The normalized spacial score (nSPS) is 14.6. The van der Waals surface area contributed by atoms with Crippen LogP contribution < -0.4 is 15.1 Å². The summed E-state index contributed by atoms with van der Waals surface area (Å²) in [6, 6.07) is 0. The minimum absolute atomic E-state index is 0.0272. The fourth-order valence-corrected chi connectivity index (χ4v) is 2.10. The summed E-state index contributed by atoms with van der Waals surface area (Å²) < 4.78 is 0. The number of hydrogen-bond acceptors (Lipinski definition) is 5. The summed E-state index contributed by atoms with van der Waals surface area (Å²) in [6.45, 7) is 3.84. The molecule has 0 aromatic carbocycles. The van der Waals surface area contributed by atoms with E-state index >= 15 is 0 Å². The highest BCUT2D eigenvalue weighted by atomic mass is 16.1. The number of carbonyl (C=O) groups is 1. The van der Waals surface area contributed by atoms with Gasteiger partial charge >= 0.3 is 0 Å². The van der Waals surface area contributed by atoms with Crippen molar-refractivity contribution in [2.75, 3.05) is 42.3 Å². The van der Waals surface area contributed by atoms with Crippen LogP contribution in [-0.4, -0.2) is 43.1 Å². The third-order valence-corrected chi connectivity index (χ3v) is 3.16. The van der Waals surface area contributed by atoms with Crippen LogP contribution in [0.1, 0.15) is 26.2 Å². The zero-order chi connectivity index (χ0) is 13.8. The molecule has 0 unspecified atom stereocenters. The highest BCUT2D eigenvalue weighted by molar-refractivity contribution is 5.93. The van der Waals surface area contributed by atoms with E-state index in [0.29, 0.717) is 12.1 Å². The summed E-state index contributed by atoms with van der Waals surface area (Å²) in [5, 5.41) is 2.84. The second-order valence-electron chi connectivity index (χ2n) is 4.90. The lowest BCUT2D eigenvalue weighted by Crippen LogP contribution is -2.23. The predicted octanol–water partition coefficient (Wildman–Crippen LogP) is 1.49. The molecule has 0 saturated carbocycles. The first kappa shape index (κ1) is 13.6. The van der Waals surface area contributed by atoms with E-state index in [2.05, 4.69) is 20.2 Å². The Balaban J connectivity index is 2.26. The summed E-state index contributed by atoms with van der Waals surface area (Å²) in [5.41, 5.74) is 0.666. The Morgan fingerprint density at radius 1 is 1.42 bits per heavy atom. The Labute approximate surface area is 113 Å². The largest absolute Gasteiger partial charge is 0.361 e. The molecule has 1 saturated heterocycles. The molecule has 1 aromatic rings. The summed E-state index contributed by atoms with van der Waals surface area (Å²) >= 11 is 0. The lowest BCUT2D eigenvalue weighted by Gasteiger charge is -2.20. The number of rotatable bonds is 4. The molecule has 1 N–H and O–H groups in total. The summed E-state index contributed by atoms with van der Waals surface area (Å²) in [6.07, 6.45) is 4.52. The van der Waals surface area contributed by atoms with Gasteiger partial charge in [0.1, 0.15) is 5.69 Å². The summed E-state index contributed by atoms with van der Waals surface area (Å²) in [5.74, 6) is 1.47. The van der Waals surface area contributed by atoms with Gasteiger partial charge in [-0.1, -0.05) is 6.92 Å². The molecule has 2 rings (SSSR count). The molecule has 6 nitrogen and oxygen atoms in total. The zero-order valence-corrected chi connectivity index (χ0v) is 11.8. The van der Waals surface area contributed by atoms with E-state index in [0.717, 1.165) is 24.9 Å². The molecule has 0 radical (unpaired) electrons. The van der Waals surface area contributed by atoms with Crippen LogP contribution >= 0.6 is 0 Å². The molecule has 0 aliphatic carbocycles. The van der Waals surface area contributed by atoms with E-state index in [1.807, 2.05) is 25.9 Å². The zero-order valence-electron chi connectivity index (χ0n) is 11.8. The Morgan fingerprint density at radius 2 is 2.11 bits per heavy atom. The number of aromatic nitrogens is 2. The molecule has 1 aromatic heterocycles. The van der Waals surface area contributed by atoms with Gasteiger partial charge in [0.2, 0.25) is 11.9 Å². The number of nitrogens with one attached hydrogen (secondary N) is 1. The van der Waals surface area contributed by atoms with Gasteiger partial charge in [0, 0.05) is 33.6 Å². The molecule has 0 spiro atoms. The van der Waals surface area contributed by atoms with Crippen LogP contribution in [-0.2, 0) is 4.79 Å². The predicted molar refractivity (Wildman–Crippen MR) is 76.7 cm³/mol. The molecule has 0 atom stereocenters. The molecule has 1 fully saturated rings. The lowest BCUT2D eigenvalue weighted by molar-refractivity contribution is -0.115. The second-order valence-corrected chi connectivity index (χ2v) is 4.90. The molecule has 1 aliphatic rings. The Morgan fingerprint density at radius 3 is 2.68 bits per heavy atom. The quantitative estimate of drug-likeness (QED) is 0.891. The highest BCUT2D eigenvalue weighted by Crippen LogP contribution is 2.25. The third kappa shape index (κ3) is 3.13. The smallest absolute Gasteiger partial charge is 0.227 e. The maximum atomic E-state index is 11.5. The van der Waals surface area contributed by atoms with Gasteiger partial charge in [-0.05, 0) is 12.8 Å². The van der Waals surface area contributed by atoms with Crippen LogP contribution in [0.3, 0.4) is 0 Å². The van der Waals surface area contributed by atoms with Gasteiger partial charge in [0.05, 0.1) is 6.20 Å². The first-order valence-electron chi connectivity index (χ1n) is 6.71. The molecule has 1 amide bonds. The maximum absolute atomic E-state index is 11.5. The highest BCUT2D eigenvalue weighted by Gasteiger charge is 2.18. The summed E-state index contributed by atoms with van der Waals surface area (Å²) in [7, 11) is 3.83. The van der Waals surface area contributed by atoms with E-state index in [4.69, 9.17) is 0 Å². The lowest BCUT2D eigenvalue weighted by atomic mass is 10.4. The fourth-order valence-electron chi connectivity index (χ4n) is 2.10. The number of hydrogen-bond donors (Lipinski definition) is 1. The summed E-state index contributed by atoms with van der Waals surface area (Å²) in [4.78, 5) is 24.5. The van der Waals surface area contributed by atoms with Crippen molar-refractivity contribution in [3.63, 3.8) is 0 Å². The molecule has 104 valence electrons. The number of anilines is 3. The molecular formula is C13H21N5O. The second kappa shape index (κ2) is 5.86. The van der Waals surface area contributed by atoms with Crippen molar-refractivity contribution in [1.29, 1.82) is 0 Å². The fraction of sp³-hybridized carbons (Fsp3) is 0.615. The van der Waals surface area contributed by atoms with Crippen LogP contribution in [0.4, 0.5) is 17.5 Å². The van der Waals surface area contributed by atoms with Crippen molar-refractivity contribution in [1.82, 2.24) is 9.97 Å². The standard InChI is InChI=1S/C13H21N5O/c1-4-11(19)15-10-9-14-13(16-12(10)17(2)3)18-7-5-6-8-18/h9H,4-8H2,1-3H3,(H,15,19). The van der Waals surface area contributed by atoms with Gasteiger partial charge in [-0.3, -0.25) is 4.79 Å². The van der Waals surface area contributed by atoms with Crippen molar-refractivity contribution in [3.8, 4) is 0 Å². The van der Waals surface area contributed by atoms with E-state index in [1.54, 1.807) is 6.20 Å². The average molecular weight is 263 g/mol. The van der Waals surface area contributed by atoms with Gasteiger partial charge < -0.3 is 15.1 Å². The van der Waals surface area contributed by atoms with Crippen LogP contribution in [0.15, 0.2) is 6.20 Å². The van der Waals surface area contributed by atoms with Crippen molar-refractivity contribution in [3.05, 3.63) is 6.20 Å². The molecule has 19 heavy (non-hydrogen) atoms. The SMILES string of the molecule is CCC(=O)Nc1cnc(N2CCCC2)nc1N(C)C. The average Bonchev–Trinajstić information content (AvgIpc) is 2.92. The molecular weight excluding hydrogens is 242 g/mol. The van der Waals surface area contributed by atoms with Crippen LogP contribution in [0.25, 0.3) is 0 Å². The van der Waals surface area contributed by atoms with Crippen LogP contribution in [0.5, 0.6) is 0 Å². The monoisotopic (exact) mass is 263 g/mol. The topological polar surface area (TPSA) is 61.4 Å². The van der Waals surface area contributed by atoms with Gasteiger partial charge in [-0.2, -0.15) is 4.98 Å². The van der Waals surface area contributed by atoms with Crippen molar-refractivity contribution in [2.45, 2.75) is 26.2 Å². The van der Waals surface area contributed by atoms with Crippen molar-refractivity contribution >= 4 is 23.4 Å². The minimum atomic E-state index is -0.0272. The third-order valence-electron chi connectivity index (χ3n) is 3.16. The number of amides is 1.